The van der Waals surface area contributed by atoms with Crippen molar-refractivity contribution in [2.24, 2.45) is 5.73 Å². The van der Waals surface area contributed by atoms with Crippen molar-refractivity contribution in [1.82, 2.24) is 4.98 Å². The highest BCUT2D eigenvalue weighted by Gasteiger charge is 2.20. The van der Waals surface area contributed by atoms with Crippen LogP contribution >= 0.6 is 11.6 Å². The third-order valence-corrected chi connectivity index (χ3v) is 4.73. The summed E-state index contributed by atoms with van der Waals surface area (Å²) >= 11 is 6.36. The maximum absolute atomic E-state index is 11.8. The molecule has 3 aromatic rings. The van der Waals surface area contributed by atoms with Gasteiger partial charge in [0.25, 0.3) is 5.91 Å². The number of nitrogens with zero attached hydrogens (tertiary/aromatic N) is 1. The van der Waals surface area contributed by atoms with E-state index in [2.05, 4.69) is 4.98 Å². The number of halogens is 1. The molecule has 1 amide bonds. The smallest absolute Gasteiger partial charge is 0.267 e. The highest BCUT2D eigenvalue weighted by Crippen LogP contribution is 2.42. The molecule has 2 aromatic carbocycles. The lowest BCUT2D eigenvalue weighted by atomic mass is 10.0. The first-order valence-corrected chi connectivity index (χ1v) is 8.85. The molecule has 144 valence electrons. The second kappa shape index (κ2) is 7.09. The molecule has 0 aliphatic carbocycles. The van der Waals surface area contributed by atoms with E-state index in [-0.39, 0.29) is 5.69 Å². The zero-order chi connectivity index (χ0) is 19.8. The molecule has 2 N–H and O–H groups in total. The summed E-state index contributed by atoms with van der Waals surface area (Å²) in [5.41, 5.74) is 6.79. The zero-order valence-corrected chi connectivity index (χ0v) is 16.0. The third-order valence-electron chi connectivity index (χ3n) is 4.45. The van der Waals surface area contributed by atoms with Crippen molar-refractivity contribution in [3.8, 4) is 34.3 Å². The molecule has 1 aliphatic heterocycles. The molecule has 2 heterocycles. The van der Waals surface area contributed by atoms with E-state index in [1.807, 2.05) is 12.1 Å². The molecule has 4 rings (SSSR count). The Morgan fingerprint density at radius 3 is 2.43 bits per heavy atom. The fourth-order valence-corrected chi connectivity index (χ4v) is 3.48. The van der Waals surface area contributed by atoms with Gasteiger partial charge < -0.3 is 24.7 Å². The summed E-state index contributed by atoms with van der Waals surface area (Å²) in [7, 11) is 3.03. The Kier molecular flexibility index (Phi) is 4.60. The van der Waals surface area contributed by atoms with Crippen LogP contribution in [-0.2, 0) is 0 Å². The number of ether oxygens (including phenoxy) is 4. The largest absolute Gasteiger partial charge is 0.493 e. The molecule has 0 saturated carbocycles. The van der Waals surface area contributed by atoms with Gasteiger partial charge in [0, 0.05) is 10.9 Å². The summed E-state index contributed by atoms with van der Waals surface area (Å²) < 4.78 is 22.0. The average Bonchev–Trinajstić information content (AvgIpc) is 2.70. The minimum atomic E-state index is -0.635. The predicted octanol–water partition coefficient (Wildman–Crippen LogP) is 3.44. The van der Waals surface area contributed by atoms with E-state index < -0.39 is 5.91 Å². The van der Waals surface area contributed by atoms with Crippen LogP contribution in [0.25, 0.3) is 22.0 Å². The van der Waals surface area contributed by atoms with E-state index in [1.54, 1.807) is 18.2 Å². The van der Waals surface area contributed by atoms with Gasteiger partial charge in [-0.05, 0) is 35.7 Å². The number of rotatable bonds is 4. The molecule has 0 bridgehead atoms. The molecule has 0 unspecified atom stereocenters. The van der Waals surface area contributed by atoms with Gasteiger partial charge in [-0.3, -0.25) is 4.79 Å². The van der Waals surface area contributed by atoms with E-state index in [1.165, 1.54) is 14.2 Å². The normalized spacial score (nSPS) is 12.7. The minimum absolute atomic E-state index is 0.130. The van der Waals surface area contributed by atoms with Crippen LogP contribution in [0, 0.1) is 0 Å². The van der Waals surface area contributed by atoms with Gasteiger partial charge in [0.2, 0.25) is 0 Å². The average molecular weight is 401 g/mol. The number of pyridine rings is 1. The number of hydrogen-bond donors (Lipinski definition) is 1. The number of primary amides is 1. The Balaban J connectivity index is 2.02. The van der Waals surface area contributed by atoms with Crippen molar-refractivity contribution in [2.45, 2.75) is 0 Å². The van der Waals surface area contributed by atoms with E-state index in [0.29, 0.717) is 52.5 Å². The fraction of sp³-hybridized carbons (Fsp3) is 0.200. The van der Waals surface area contributed by atoms with E-state index in [0.717, 1.165) is 10.8 Å². The monoisotopic (exact) mass is 400 g/mol. The molecule has 7 nitrogen and oxygen atoms in total. The summed E-state index contributed by atoms with van der Waals surface area (Å²) in [5.74, 6) is 1.45. The lowest BCUT2D eigenvalue weighted by molar-refractivity contribution is 0.0996. The lowest BCUT2D eigenvalue weighted by Crippen LogP contribution is -2.16. The molecular weight excluding hydrogens is 384 g/mol. The minimum Gasteiger partial charge on any atom is -0.493 e. The second-order valence-corrected chi connectivity index (χ2v) is 6.54. The fourth-order valence-electron chi connectivity index (χ4n) is 3.19. The zero-order valence-electron chi connectivity index (χ0n) is 15.2. The number of nitrogens with two attached hydrogens (primary N) is 1. The van der Waals surface area contributed by atoms with Gasteiger partial charge in [0.15, 0.2) is 23.0 Å². The van der Waals surface area contributed by atoms with E-state index >= 15 is 0 Å². The summed E-state index contributed by atoms with van der Waals surface area (Å²) in [5, 5.41) is 1.86. The SMILES string of the molecule is COc1cc(-c2nc(C(N)=O)cc3cc4c(cc23)OCCO4)cc(Cl)c1OC. The first-order valence-electron chi connectivity index (χ1n) is 8.48. The predicted molar refractivity (Wildman–Crippen MR) is 105 cm³/mol. The van der Waals surface area contributed by atoms with E-state index in [4.69, 9.17) is 36.3 Å². The van der Waals surface area contributed by atoms with Gasteiger partial charge in [-0.1, -0.05) is 11.6 Å². The topological polar surface area (TPSA) is 92.9 Å². The van der Waals surface area contributed by atoms with Crippen LogP contribution in [-0.4, -0.2) is 38.3 Å². The summed E-state index contributed by atoms with van der Waals surface area (Å²) in [6.07, 6.45) is 0. The van der Waals surface area contributed by atoms with Gasteiger partial charge in [-0.15, -0.1) is 0 Å². The van der Waals surface area contributed by atoms with Crippen molar-refractivity contribution in [3.63, 3.8) is 0 Å². The maximum Gasteiger partial charge on any atom is 0.267 e. The Bertz CT molecular complexity index is 1100. The molecular formula is C20H17ClN2O5. The molecule has 0 fully saturated rings. The van der Waals surface area contributed by atoms with Crippen molar-refractivity contribution in [1.29, 1.82) is 0 Å². The van der Waals surface area contributed by atoms with Crippen LogP contribution in [0.4, 0.5) is 0 Å². The van der Waals surface area contributed by atoms with Gasteiger partial charge in [-0.2, -0.15) is 0 Å². The number of benzene rings is 2. The van der Waals surface area contributed by atoms with Crippen LogP contribution in [0.5, 0.6) is 23.0 Å². The number of aromatic nitrogens is 1. The summed E-state index contributed by atoms with van der Waals surface area (Å²) in [6, 6.07) is 8.72. The summed E-state index contributed by atoms with van der Waals surface area (Å²) in [4.78, 5) is 16.3. The van der Waals surface area contributed by atoms with E-state index in [9.17, 15) is 4.79 Å². The molecule has 0 radical (unpaired) electrons. The Hall–Kier alpha value is -3.19. The molecule has 0 atom stereocenters. The molecule has 1 aliphatic rings. The Morgan fingerprint density at radius 1 is 1.07 bits per heavy atom. The highest BCUT2D eigenvalue weighted by atomic mass is 35.5. The Labute approximate surface area is 165 Å². The lowest BCUT2D eigenvalue weighted by Gasteiger charge is -2.20. The van der Waals surface area contributed by atoms with Crippen molar-refractivity contribution in [2.75, 3.05) is 27.4 Å². The number of methoxy groups -OCH3 is 2. The number of carbonyl (C=O) groups is 1. The standard InChI is InChI=1S/C20H17ClN2O5/c1-25-17-8-11(5-13(21)19(17)26-2)18-12-9-16-15(27-3-4-28-16)7-10(12)6-14(23-18)20(22)24/h5-9H,3-4H2,1-2H3,(H2,22,24). The van der Waals surface area contributed by atoms with Crippen LogP contribution in [0.3, 0.4) is 0 Å². The van der Waals surface area contributed by atoms with Crippen molar-refractivity contribution < 1.29 is 23.7 Å². The number of fused-ring (bicyclic) bond motifs is 2. The number of carbonyl (C=O) groups excluding carboxylic acids is 1. The summed E-state index contributed by atoms with van der Waals surface area (Å²) in [6.45, 7) is 0.924. The quantitative estimate of drug-likeness (QED) is 0.721. The van der Waals surface area contributed by atoms with Crippen molar-refractivity contribution >= 4 is 28.3 Å². The maximum atomic E-state index is 11.8. The number of amides is 1. The number of hydrogen-bond acceptors (Lipinski definition) is 6. The van der Waals surface area contributed by atoms with Gasteiger partial charge in [0.1, 0.15) is 18.9 Å². The van der Waals surface area contributed by atoms with Crippen LogP contribution < -0.4 is 24.7 Å². The third kappa shape index (κ3) is 3.03. The van der Waals surface area contributed by atoms with Crippen LogP contribution in [0.15, 0.2) is 30.3 Å². The second-order valence-electron chi connectivity index (χ2n) is 6.13. The highest BCUT2D eigenvalue weighted by molar-refractivity contribution is 6.32. The molecule has 1 aromatic heterocycles. The van der Waals surface area contributed by atoms with Crippen LogP contribution in [0.1, 0.15) is 10.5 Å². The van der Waals surface area contributed by atoms with Crippen LogP contribution in [0.2, 0.25) is 5.02 Å². The first kappa shape index (κ1) is 18.2. The van der Waals surface area contributed by atoms with Gasteiger partial charge >= 0.3 is 0 Å². The van der Waals surface area contributed by atoms with Gasteiger partial charge in [0.05, 0.1) is 24.9 Å². The molecule has 0 spiro atoms. The molecule has 0 saturated heterocycles. The molecule has 28 heavy (non-hydrogen) atoms. The van der Waals surface area contributed by atoms with Gasteiger partial charge in [-0.25, -0.2) is 4.98 Å². The molecule has 8 heteroatoms. The van der Waals surface area contributed by atoms with Crippen molar-refractivity contribution in [3.05, 3.63) is 41.0 Å². The Morgan fingerprint density at radius 2 is 1.79 bits per heavy atom. The first-order chi connectivity index (χ1) is 13.5.